The van der Waals surface area contributed by atoms with Crippen LogP contribution in [0.5, 0.6) is 5.75 Å². The molecule has 12 heteroatoms. The Labute approximate surface area is 192 Å². The van der Waals surface area contributed by atoms with E-state index < -0.39 is 29.9 Å². The minimum atomic E-state index is -5.04. The fraction of sp³-hybridized carbons (Fsp3) is 0.318. The first-order valence-electron chi connectivity index (χ1n) is 10.0. The number of hydrogen-bond donors (Lipinski definition) is 1. The van der Waals surface area contributed by atoms with Gasteiger partial charge in [0.2, 0.25) is 0 Å². The van der Waals surface area contributed by atoms with E-state index in [-0.39, 0.29) is 31.0 Å². The summed E-state index contributed by atoms with van der Waals surface area (Å²) in [6, 6.07) is 7.24. The van der Waals surface area contributed by atoms with Gasteiger partial charge in [-0.15, -0.1) is 13.2 Å². The first kappa shape index (κ1) is 25.1. The van der Waals surface area contributed by atoms with Crippen LogP contribution in [0.25, 0.3) is 11.3 Å². The molecule has 0 bridgehead atoms. The van der Waals surface area contributed by atoms with Crippen LogP contribution in [0.15, 0.2) is 48.8 Å². The van der Waals surface area contributed by atoms with Crippen molar-refractivity contribution in [2.45, 2.75) is 18.9 Å². The molecule has 0 spiro atoms. The first-order valence-corrected chi connectivity index (χ1v) is 10.0. The number of nitrogens with zero attached hydrogens (tertiary/aromatic N) is 3. The highest BCUT2D eigenvalue weighted by Crippen LogP contribution is 2.28. The summed E-state index contributed by atoms with van der Waals surface area (Å²) in [5.41, 5.74) is 1.35. The molecule has 0 aliphatic carbocycles. The average molecular weight is 482 g/mol. The molecule has 3 rings (SSSR count). The zero-order chi connectivity index (χ0) is 24.7. The predicted octanol–water partition coefficient (Wildman–Crippen LogP) is 3.75. The van der Waals surface area contributed by atoms with Crippen LogP contribution in [0, 0.1) is 5.82 Å². The molecule has 2 aromatic heterocycles. The third-order valence-corrected chi connectivity index (χ3v) is 4.73. The lowest BCUT2D eigenvalue weighted by Crippen LogP contribution is -2.33. The van der Waals surface area contributed by atoms with Gasteiger partial charge in [0.05, 0.1) is 43.3 Å². The Hall–Kier alpha value is -3.51. The Morgan fingerprint density at radius 1 is 1.18 bits per heavy atom. The number of halogens is 4. The quantitative estimate of drug-likeness (QED) is 0.443. The minimum Gasteiger partial charge on any atom is -0.403 e. The van der Waals surface area contributed by atoms with Crippen molar-refractivity contribution in [3.05, 3.63) is 65.9 Å². The number of amides is 1. The van der Waals surface area contributed by atoms with E-state index in [1.54, 1.807) is 24.4 Å². The molecule has 0 saturated carbocycles. The van der Waals surface area contributed by atoms with Crippen LogP contribution in [-0.2, 0) is 16.0 Å². The Bertz CT molecular complexity index is 1110. The van der Waals surface area contributed by atoms with Gasteiger partial charge in [-0.05, 0) is 29.8 Å². The fourth-order valence-electron chi connectivity index (χ4n) is 3.24. The van der Waals surface area contributed by atoms with E-state index in [4.69, 9.17) is 9.47 Å². The number of rotatable bonds is 10. The summed E-state index contributed by atoms with van der Waals surface area (Å²) in [6.07, 6.45) is -1.96. The summed E-state index contributed by atoms with van der Waals surface area (Å²) >= 11 is 0. The van der Waals surface area contributed by atoms with Crippen molar-refractivity contribution < 1.29 is 36.6 Å². The molecule has 1 amide bonds. The third kappa shape index (κ3) is 6.29. The van der Waals surface area contributed by atoms with Crippen molar-refractivity contribution in [2.24, 2.45) is 0 Å². The second kappa shape index (κ2) is 11.1. The van der Waals surface area contributed by atoms with Gasteiger partial charge >= 0.3 is 6.36 Å². The SMILES string of the molecule is COCCn1ncc(-c2ccccn2)c1C(=O)NC(COC)c1ccc(OC(F)(F)F)c(F)c1. The standard InChI is InChI=1S/C22H22F4N4O4/c1-32-10-9-30-20(15(12-28-30)17-5-3-4-8-27-17)21(31)29-18(13-33-2)14-6-7-19(16(23)11-14)34-22(24,25)26/h3-8,11-12,18H,9-10,13H2,1-2H3,(H,29,31). The van der Waals surface area contributed by atoms with Gasteiger partial charge in [0.1, 0.15) is 5.69 Å². The fourth-order valence-corrected chi connectivity index (χ4v) is 3.24. The van der Waals surface area contributed by atoms with Crippen LogP contribution in [0.2, 0.25) is 0 Å². The van der Waals surface area contributed by atoms with Crippen LogP contribution in [-0.4, -0.2) is 54.5 Å². The highest BCUT2D eigenvalue weighted by molar-refractivity contribution is 5.99. The van der Waals surface area contributed by atoms with Crippen molar-refractivity contribution >= 4 is 5.91 Å². The highest BCUT2D eigenvalue weighted by Gasteiger charge is 2.32. The number of carbonyl (C=O) groups excluding carboxylic acids is 1. The lowest BCUT2D eigenvalue weighted by atomic mass is 10.1. The summed E-state index contributed by atoms with van der Waals surface area (Å²) in [7, 11) is 2.89. The number of methoxy groups -OCH3 is 2. The van der Waals surface area contributed by atoms with Crippen LogP contribution in [0.4, 0.5) is 17.6 Å². The van der Waals surface area contributed by atoms with E-state index in [1.807, 2.05) is 0 Å². The first-order chi connectivity index (χ1) is 16.2. The van der Waals surface area contributed by atoms with Crippen molar-refractivity contribution in [1.29, 1.82) is 0 Å². The summed E-state index contributed by atoms with van der Waals surface area (Å²) in [5.74, 6) is -2.77. The molecule has 2 heterocycles. The average Bonchev–Trinajstić information content (AvgIpc) is 3.22. The second-order valence-electron chi connectivity index (χ2n) is 7.06. The monoisotopic (exact) mass is 482 g/mol. The molecule has 34 heavy (non-hydrogen) atoms. The predicted molar refractivity (Wildman–Crippen MR) is 113 cm³/mol. The highest BCUT2D eigenvalue weighted by atomic mass is 19.4. The number of benzene rings is 1. The number of hydrogen-bond acceptors (Lipinski definition) is 6. The van der Waals surface area contributed by atoms with Crippen molar-refractivity contribution in [3.8, 4) is 17.0 Å². The Balaban J connectivity index is 1.91. The van der Waals surface area contributed by atoms with Gasteiger partial charge in [-0.3, -0.25) is 14.5 Å². The van der Waals surface area contributed by atoms with Gasteiger partial charge in [0, 0.05) is 20.4 Å². The van der Waals surface area contributed by atoms with Gasteiger partial charge in [-0.2, -0.15) is 5.10 Å². The van der Waals surface area contributed by atoms with E-state index in [2.05, 4.69) is 20.1 Å². The molecule has 1 aromatic carbocycles. The molecular weight excluding hydrogens is 460 g/mol. The smallest absolute Gasteiger partial charge is 0.403 e. The minimum absolute atomic E-state index is 0.0736. The second-order valence-corrected chi connectivity index (χ2v) is 7.06. The molecule has 0 saturated heterocycles. The Morgan fingerprint density at radius 2 is 1.97 bits per heavy atom. The summed E-state index contributed by atoms with van der Waals surface area (Å²) in [6.45, 7) is 0.492. The maximum Gasteiger partial charge on any atom is 0.573 e. The zero-order valence-electron chi connectivity index (χ0n) is 18.3. The lowest BCUT2D eigenvalue weighted by molar-refractivity contribution is -0.275. The number of pyridine rings is 1. The number of nitrogens with one attached hydrogen (secondary N) is 1. The third-order valence-electron chi connectivity index (χ3n) is 4.73. The molecule has 0 aliphatic rings. The van der Waals surface area contributed by atoms with E-state index in [0.29, 0.717) is 11.3 Å². The molecule has 3 aromatic rings. The number of aromatic nitrogens is 3. The molecule has 1 atom stereocenters. The van der Waals surface area contributed by atoms with Crippen molar-refractivity contribution in [2.75, 3.05) is 27.4 Å². The largest absolute Gasteiger partial charge is 0.573 e. The maximum atomic E-state index is 14.3. The van der Waals surface area contributed by atoms with E-state index in [9.17, 15) is 22.4 Å². The molecule has 0 fully saturated rings. The summed E-state index contributed by atoms with van der Waals surface area (Å²) in [4.78, 5) is 17.6. The van der Waals surface area contributed by atoms with Crippen LogP contribution >= 0.6 is 0 Å². The Morgan fingerprint density at radius 3 is 2.59 bits per heavy atom. The topological polar surface area (TPSA) is 87.5 Å². The molecule has 182 valence electrons. The number of ether oxygens (including phenoxy) is 3. The molecule has 1 N–H and O–H groups in total. The normalized spacial score (nSPS) is 12.4. The molecule has 8 nitrogen and oxygen atoms in total. The maximum absolute atomic E-state index is 14.3. The van der Waals surface area contributed by atoms with Crippen LogP contribution in [0.1, 0.15) is 22.1 Å². The molecule has 0 aliphatic heterocycles. The van der Waals surface area contributed by atoms with Crippen molar-refractivity contribution in [3.63, 3.8) is 0 Å². The van der Waals surface area contributed by atoms with E-state index in [1.165, 1.54) is 31.2 Å². The summed E-state index contributed by atoms with van der Waals surface area (Å²) < 4.78 is 66.9. The summed E-state index contributed by atoms with van der Waals surface area (Å²) in [5, 5.41) is 6.99. The molecule has 1 unspecified atom stereocenters. The van der Waals surface area contributed by atoms with Gasteiger partial charge in [-0.1, -0.05) is 12.1 Å². The van der Waals surface area contributed by atoms with Crippen LogP contribution in [0.3, 0.4) is 0 Å². The number of carbonyl (C=O) groups is 1. The Kier molecular flexibility index (Phi) is 8.18. The van der Waals surface area contributed by atoms with Gasteiger partial charge < -0.3 is 19.5 Å². The van der Waals surface area contributed by atoms with E-state index >= 15 is 0 Å². The van der Waals surface area contributed by atoms with Crippen molar-refractivity contribution in [1.82, 2.24) is 20.1 Å². The molecular formula is C22H22F4N4O4. The lowest BCUT2D eigenvalue weighted by Gasteiger charge is -2.20. The van der Waals surface area contributed by atoms with Gasteiger partial charge in [-0.25, -0.2) is 4.39 Å². The number of alkyl halides is 3. The van der Waals surface area contributed by atoms with E-state index in [0.717, 1.165) is 12.1 Å². The van der Waals surface area contributed by atoms with Gasteiger partial charge in [0.25, 0.3) is 5.91 Å². The van der Waals surface area contributed by atoms with Crippen LogP contribution < -0.4 is 10.1 Å². The zero-order valence-corrected chi connectivity index (χ0v) is 18.3. The molecule has 0 radical (unpaired) electrons. The van der Waals surface area contributed by atoms with Gasteiger partial charge in [0.15, 0.2) is 11.6 Å².